The lowest BCUT2D eigenvalue weighted by Gasteiger charge is -2.35. The molecule has 0 amide bonds. The standard InChI is InChI=1S/C29H42N6S/c1-22-10-8-16-34(19-22)25-18-26(35-17-9-11-23(2)20-35)32-27(31-25)33-28(36)30-21-29(14-6-7-15-29)24-12-4-3-5-13-24/h3-5,12-13,18,22-23H,6-11,14-17,19-21H2,1-2H3,(H2,30,31,32,33,36)/t22-,23-/m1/s1. The highest BCUT2D eigenvalue weighted by molar-refractivity contribution is 7.80. The SMILES string of the molecule is C[C@@H]1CCCN(c2cc(N3CCC[C@@H](C)C3)nc(NC(=S)NCC3(c4ccccc4)CCCC3)n2)C1. The number of thiocarbonyl (C=S) groups is 1. The van der Waals surface area contributed by atoms with Crippen molar-refractivity contribution in [3.63, 3.8) is 0 Å². The minimum Gasteiger partial charge on any atom is -0.361 e. The highest BCUT2D eigenvalue weighted by Gasteiger charge is 2.35. The van der Waals surface area contributed by atoms with Gasteiger partial charge in [-0.2, -0.15) is 9.97 Å². The summed E-state index contributed by atoms with van der Waals surface area (Å²) in [6, 6.07) is 13.1. The molecule has 1 saturated carbocycles. The molecule has 36 heavy (non-hydrogen) atoms. The fraction of sp³-hybridized carbons (Fsp3) is 0.621. The molecule has 0 radical (unpaired) electrons. The van der Waals surface area contributed by atoms with Crippen LogP contribution in [-0.4, -0.2) is 47.8 Å². The number of nitrogens with zero attached hydrogens (tertiary/aromatic N) is 4. The first-order chi connectivity index (χ1) is 17.5. The van der Waals surface area contributed by atoms with Crippen molar-refractivity contribution in [1.29, 1.82) is 0 Å². The van der Waals surface area contributed by atoms with E-state index in [2.05, 4.69) is 70.7 Å². The third-order valence-corrected chi connectivity index (χ3v) is 8.67. The second-order valence-electron chi connectivity index (χ2n) is 11.5. The van der Waals surface area contributed by atoms with Crippen molar-refractivity contribution in [3.8, 4) is 0 Å². The molecule has 2 atom stereocenters. The summed E-state index contributed by atoms with van der Waals surface area (Å²) in [6.07, 6.45) is 9.95. The molecule has 1 aliphatic carbocycles. The van der Waals surface area contributed by atoms with Gasteiger partial charge in [0.2, 0.25) is 5.95 Å². The van der Waals surface area contributed by atoms with Crippen LogP contribution in [0.25, 0.3) is 0 Å². The molecule has 5 rings (SSSR count). The van der Waals surface area contributed by atoms with Gasteiger partial charge < -0.3 is 20.4 Å². The van der Waals surface area contributed by atoms with Crippen LogP contribution in [0.5, 0.6) is 0 Å². The molecule has 0 spiro atoms. The van der Waals surface area contributed by atoms with Crippen LogP contribution in [0.4, 0.5) is 17.6 Å². The van der Waals surface area contributed by atoms with Gasteiger partial charge in [0.15, 0.2) is 5.11 Å². The minimum absolute atomic E-state index is 0.148. The van der Waals surface area contributed by atoms with Gasteiger partial charge in [0, 0.05) is 44.2 Å². The van der Waals surface area contributed by atoms with E-state index in [1.165, 1.54) is 56.9 Å². The molecular formula is C29H42N6S. The quantitative estimate of drug-likeness (QED) is 0.484. The molecule has 7 heteroatoms. The van der Waals surface area contributed by atoms with Gasteiger partial charge in [0.25, 0.3) is 0 Å². The first-order valence-electron chi connectivity index (χ1n) is 14.0. The molecule has 1 aromatic carbocycles. The Morgan fingerprint density at radius 3 is 2.06 bits per heavy atom. The second-order valence-corrected chi connectivity index (χ2v) is 11.9. The molecule has 3 aliphatic rings. The lowest BCUT2D eigenvalue weighted by atomic mass is 9.79. The average Bonchev–Trinajstić information content (AvgIpc) is 3.38. The van der Waals surface area contributed by atoms with Crippen LogP contribution in [0.3, 0.4) is 0 Å². The summed E-state index contributed by atoms with van der Waals surface area (Å²) in [6.45, 7) is 9.72. The van der Waals surface area contributed by atoms with Crippen molar-refractivity contribution in [2.45, 2.75) is 70.6 Å². The third kappa shape index (κ3) is 5.93. The molecule has 3 fully saturated rings. The summed E-state index contributed by atoms with van der Waals surface area (Å²) >= 11 is 5.78. The maximum Gasteiger partial charge on any atom is 0.232 e. The van der Waals surface area contributed by atoms with Crippen molar-refractivity contribution in [2.75, 3.05) is 47.8 Å². The van der Waals surface area contributed by atoms with E-state index >= 15 is 0 Å². The van der Waals surface area contributed by atoms with Crippen LogP contribution in [0.2, 0.25) is 0 Å². The monoisotopic (exact) mass is 506 g/mol. The molecule has 0 unspecified atom stereocenters. The summed E-state index contributed by atoms with van der Waals surface area (Å²) in [4.78, 5) is 14.8. The van der Waals surface area contributed by atoms with Gasteiger partial charge in [0.1, 0.15) is 11.6 Å². The van der Waals surface area contributed by atoms with Gasteiger partial charge in [0.05, 0.1) is 0 Å². The van der Waals surface area contributed by atoms with E-state index in [0.717, 1.165) is 44.4 Å². The zero-order valence-corrected chi connectivity index (χ0v) is 22.8. The average molecular weight is 507 g/mol. The first-order valence-corrected chi connectivity index (χ1v) is 14.4. The van der Waals surface area contributed by atoms with Gasteiger partial charge in [-0.15, -0.1) is 0 Å². The maximum absolute atomic E-state index is 5.78. The summed E-state index contributed by atoms with van der Waals surface area (Å²) in [5.74, 6) is 4.02. The molecule has 3 heterocycles. The van der Waals surface area contributed by atoms with Gasteiger partial charge in [-0.25, -0.2) is 0 Å². The molecule has 1 aromatic heterocycles. The normalized spacial score (nSPS) is 23.9. The summed E-state index contributed by atoms with van der Waals surface area (Å²) in [5, 5.41) is 7.51. The van der Waals surface area contributed by atoms with Crippen LogP contribution in [0.15, 0.2) is 36.4 Å². The number of hydrogen-bond donors (Lipinski definition) is 2. The van der Waals surface area contributed by atoms with Gasteiger partial charge in [-0.05, 0) is 68.1 Å². The van der Waals surface area contributed by atoms with Crippen molar-refractivity contribution in [2.24, 2.45) is 11.8 Å². The van der Waals surface area contributed by atoms with Crippen molar-refractivity contribution in [3.05, 3.63) is 42.0 Å². The largest absolute Gasteiger partial charge is 0.361 e. The van der Waals surface area contributed by atoms with E-state index in [1.54, 1.807) is 0 Å². The van der Waals surface area contributed by atoms with Crippen molar-refractivity contribution in [1.82, 2.24) is 15.3 Å². The summed E-state index contributed by atoms with van der Waals surface area (Å²) in [5.41, 5.74) is 1.56. The number of anilines is 3. The fourth-order valence-electron chi connectivity index (χ4n) is 6.40. The minimum atomic E-state index is 0.148. The highest BCUT2D eigenvalue weighted by Crippen LogP contribution is 2.40. The molecule has 6 nitrogen and oxygen atoms in total. The predicted molar refractivity (Wildman–Crippen MR) is 154 cm³/mol. The highest BCUT2D eigenvalue weighted by atomic mass is 32.1. The van der Waals surface area contributed by atoms with Gasteiger partial charge in [-0.1, -0.05) is 57.0 Å². The Bertz CT molecular complexity index is 981. The summed E-state index contributed by atoms with van der Waals surface area (Å²) < 4.78 is 0. The van der Waals surface area contributed by atoms with Crippen LogP contribution in [0.1, 0.15) is 70.8 Å². The van der Waals surface area contributed by atoms with E-state index in [4.69, 9.17) is 22.2 Å². The number of nitrogens with one attached hydrogen (secondary N) is 2. The van der Waals surface area contributed by atoms with Crippen LogP contribution in [0, 0.1) is 11.8 Å². The Balaban J connectivity index is 1.32. The Kier molecular flexibility index (Phi) is 7.94. The Hall–Kier alpha value is -2.41. The molecule has 2 aromatic rings. The first kappa shape index (κ1) is 25.2. The third-order valence-electron chi connectivity index (χ3n) is 8.42. The van der Waals surface area contributed by atoms with Crippen LogP contribution < -0.4 is 20.4 Å². The Labute approximate surface area is 222 Å². The lowest BCUT2D eigenvalue weighted by molar-refractivity contribution is 0.435. The van der Waals surface area contributed by atoms with E-state index in [1.807, 2.05) is 0 Å². The topological polar surface area (TPSA) is 56.3 Å². The number of rotatable bonds is 6. The molecule has 2 saturated heterocycles. The Morgan fingerprint density at radius 1 is 0.917 bits per heavy atom. The number of benzene rings is 1. The molecule has 194 valence electrons. The Morgan fingerprint density at radius 2 is 1.50 bits per heavy atom. The van der Waals surface area contributed by atoms with Crippen molar-refractivity contribution < 1.29 is 0 Å². The molecular weight excluding hydrogens is 464 g/mol. The molecule has 2 N–H and O–H groups in total. The van der Waals surface area contributed by atoms with Gasteiger partial charge in [-0.3, -0.25) is 0 Å². The van der Waals surface area contributed by atoms with E-state index < -0.39 is 0 Å². The number of hydrogen-bond acceptors (Lipinski definition) is 5. The van der Waals surface area contributed by atoms with E-state index in [0.29, 0.717) is 22.9 Å². The van der Waals surface area contributed by atoms with Crippen molar-refractivity contribution >= 4 is 34.9 Å². The second kappa shape index (κ2) is 11.3. The predicted octanol–water partition coefficient (Wildman–Crippen LogP) is 5.75. The van der Waals surface area contributed by atoms with Crippen LogP contribution in [-0.2, 0) is 5.41 Å². The smallest absolute Gasteiger partial charge is 0.232 e. The zero-order valence-electron chi connectivity index (χ0n) is 22.0. The lowest BCUT2D eigenvalue weighted by Crippen LogP contribution is -2.41. The zero-order chi connectivity index (χ0) is 25.0. The fourth-order valence-corrected chi connectivity index (χ4v) is 6.57. The number of piperidine rings is 2. The molecule has 0 bridgehead atoms. The maximum atomic E-state index is 5.78. The summed E-state index contributed by atoms with van der Waals surface area (Å²) in [7, 11) is 0. The number of aromatic nitrogens is 2. The van der Waals surface area contributed by atoms with Gasteiger partial charge >= 0.3 is 0 Å². The van der Waals surface area contributed by atoms with Crippen LogP contribution >= 0.6 is 12.2 Å². The van der Waals surface area contributed by atoms with E-state index in [-0.39, 0.29) is 5.41 Å². The molecule has 2 aliphatic heterocycles. The van der Waals surface area contributed by atoms with E-state index in [9.17, 15) is 0 Å².